The van der Waals surface area contributed by atoms with E-state index >= 15 is 0 Å². The van der Waals surface area contributed by atoms with Gasteiger partial charge in [-0.1, -0.05) is 20.3 Å². The van der Waals surface area contributed by atoms with Crippen molar-refractivity contribution in [3.63, 3.8) is 0 Å². The minimum atomic E-state index is 0.570. The van der Waals surface area contributed by atoms with Gasteiger partial charge in [-0.3, -0.25) is 11.3 Å². The van der Waals surface area contributed by atoms with Crippen molar-refractivity contribution in [2.24, 2.45) is 29.5 Å². The lowest BCUT2D eigenvalue weighted by atomic mass is 9.95. The van der Waals surface area contributed by atoms with E-state index in [0.717, 1.165) is 17.8 Å². The molecule has 0 aliphatic heterocycles. The minimum absolute atomic E-state index is 0.570. The van der Waals surface area contributed by atoms with Crippen molar-refractivity contribution >= 4 is 0 Å². The van der Waals surface area contributed by atoms with Gasteiger partial charge in [-0.2, -0.15) is 0 Å². The van der Waals surface area contributed by atoms with E-state index in [2.05, 4.69) is 19.3 Å². The average Bonchev–Trinajstić information content (AvgIpc) is 2.53. The molecule has 3 atom stereocenters. The lowest BCUT2D eigenvalue weighted by Gasteiger charge is -2.21. The summed E-state index contributed by atoms with van der Waals surface area (Å²) in [7, 11) is 0. The Labute approximate surface area is 74.9 Å². The Morgan fingerprint density at radius 3 is 2.25 bits per heavy atom. The number of hydrogen-bond donors (Lipinski definition) is 2. The molecule has 2 heteroatoms. The molecular formula is C10H20N2. The zero-order chi connectivity index (χ0) is 8.72. The zero-order valence-corrected chi connectivity index (χ0v) is 8.09. The van der Waals surface area contributed by atoms with E-state index in [1.807, 2.05) is 0 Å². The number of nitrogens with two attached hydrogens (primary N) is 1. The summed E-state index contributed by atoms with van der Waals surface area (Å²) < 4.78 is 0. The first kappa shape index (κ1) is 8.52. The molecule has 2 rings (SSSR count). The molecule has 3 unspecified atom stereocenters. The first-order valence-electron chi connectivity index (χ1n) is 5.22. The Morgan fingerprint density at radius 1 is 1.25 bits per heavy atom. The predicted octanol–water partition coefficient (Wildman–Crippen LogP) is 1.52. The van der Waals surface area contributed by atoms with Crippen LogP contribution in [-0.4, -0.2) is 6.04 Å². The van der Waals surface area contributed by atoms with Gasteiger partial charge >= 0.3 is 0 Å². The highest BCUT2D eigenvalue weighted by Gasteiger charge is 2.55. The second-order valence-corrected chi connectivity index (χ2v) is 4.77. The summed E-state index contributed by atoms with van der Waals surface area (Å²) in [6, 6.07) is 0.570. The Bertz CT molecular complexity index is 157. The Kier molecular flexibility index (Phi) is 2.13. The lowest BCUT2D eigenvalue weighted by molar-refractivity contribution is 0.329. The van der Waals surface area contributed by atoms with Crippen molar-refractivity contribution in [2.45, 2.75) is 39.2 Å². The van der Waals surface area contributed by atoms with E-state index in [0.29, 0.717) is 12.0 Å². The molecule has 0 aromatic rings. The highest BCUT2D eigenvalue weighted by molar-refractivity contribution is 5.06. The molecule has 0 aromatic heterocycles. The zero-order valence-electron chi connectivity index (χ0n) is 8.09. The molecule has 0 aromatic carbocycles. The smallest absolute Gasteiger partial charge is 0.0267 e. The highest BCUT2D eigenvalue weighted by Crippen LogP contribution is 2.59. The second-order valence-electron chi connectivity index (χ2n) is 4.77. The summed E-state index contributed by atoms with van der Waals surface area (Å²) in [5.74, 6) is 9.20. The fraction of sp³-hybridized carbons (Fsp3) is 1.00. The number of hydrogen-bond acceptors (Lipinski definition) is 2. The van der Waals surface area contributed by atoms with E-state index in [1.165, 1.54) is 19.3 Å². The molecule has 2 fully saturated rings. The summed E-state index contributed by atoms with van der Waals surface area (Å²) in [6.07, 6.45) is 4.38. The second kappa shape index (κ2) is 3.00. The number of hydrazine groups is 1. The van der Waals surface area contributed by atoms with Gasteiger partial charge in [0.2, 0.25) is 0 Å². The van der Waals surface area contributed by atoms with E-state index < -0.39 is 0 Å². The van der Waals surface area contributed by atoms with Crippen LogP contribution in [0, 0.1) is 23.7 Å². The first-order valence-corrected chi connectivity index (χ1v) is 5.22. The number of fused-ring (bicyclic) bond motifs is 1. The highest BCUT2D eigenvalue weighted by atomic mass is 15.2. The molecule has 2 nitrogen and oxygen atoms in total. The lowest BCUT2D eigenvalue weighted by Crippen LogP contribution is -2.41. The standard InChI is InChI=1S/C10H20N2/c1-6(2)10(12-11)9-7-4-3-5-8(7)9/h6-10,12H,3-5,11H2,1-2H3. The molecule has 0 radical (unpaired) electrons. The number of rotatable bonds is 3. The van der Waals surface area contributed by atoms with Crippen LogP contribution < -0.4 is 11.3 Å². The van der Waals surface area contributed by atoms with Crippen molar-refractivity contribution in [2.75, 3.05) is 0 Å². The van der Waals surface area contributed by atoms with Gasteiger partial charge in [0, 0.05) is 6.04 Å². The molecule has 2 saturated carbocycles. The molecule has 70 valence electrons. The minimum Gasteiger partial charge on any atom is -0.271 e. The Morgan fingerprint density at radius 2 is 1.83 bits per heavy atom. The van der Waals surface area contributed by atoms with Gasteiger partial charge in [0.15, 0.2) is 0 Å². The summed E-state index contributed by atoms with van der Waals surface area (Å²) in [6.45, 7) is 4.52. The van der Waals surface area contributed by atoms with Gasteiger partial charge in [0.05, 0.1) is 0 Å². The summed E-state index contributed by atoms with van der Waals surface area (Å²) in [5, 5.41) is 0. The Hall–Kier alpha value is -0.0800. The van der Waals surface area contributed by atoms with Gasteiger partial charge in [0.1, 0.15) is 0 Å². The topological polar surface area (TPSA) is 38.0 Å². The van der Waals surface area contributed by atoms with Crippen molar-refractivity contribution in [1.82, 2.24) is 5.43 Å². The Balaban J connectivity index is 1.92. The summed E-state index contributed by atoms with van der Waals surface area (Å²) in [5.41, 5.74) is 2.99. The molecule has 0 spiro atoms. The fourth-order valence-electron chi connectivity index (χ4n) is 3.16. The van der Waals surface area contributed by atoms with Gasteiger partial charge in [-0.25, -0.2) is 0 Å². The van der Waals surface area contributed by atoms with Crippen molar-refractivity contribution in [3.05, 3.63) is 0 Å². The normalized spacial score (nSPS) is 41.5. The summed E-state index contributed by atoms with van der Waals surface area (Å²) in [4.78, 5) is 0. The maximum Gasteiger partial charge on any atom is 0.0267 e. The third-order valence-electron chi connectivity index (χ3n) is 3.80. The number of nitrogens with one attached hydrogen (secondary N) is 1. The molecule has 2 aliphatic rings. The van der Waals surface area contributed by atoms with Crippen LogP contribution in [0.1, 0.15) is 33.1 Å². The molecule has 3 N–H and O–H groups in total. The van der Waals surface area contributed by atoms with Crippen LogP contribution >= 0.6 is 0 Å². The molecule has 0 amide bonds. The van der Waals surface area contributed by atoms with Crippen LogP contribution in [-0.2, 0) is 0 Å². The monoisotopic (exact) mass is 168 g/mol. The van der Waals surface area contributed by atoms with Crippen LogP contribution in [0.2, 0.25) is 0 Å². The van der Waals surface area contributed by atoms with Gasteiger partial charge in [-0.15, -0.1) is 0 Å². The first-order chi connectivity index (χ1) is 5.75. The fourth-order valence-corrected chi connectivity index (χ4v) is 3.16. The molecular weight excluding hydrogens is 148 g/mol. The van der Waals surface area contributed by atoms with E-state index in [-0.39, 0.29) is 0 Å². The van der Waals surface area contributed by atoms with E-state index in [4.69, 9.17) is 5.84 Å². The molecule has 0 heterocycles. The maximum atomic E-state index is 5.57. The molecule has 12 heavy (non-hydrogen) atoms. The molecule has 0 bridgehead atoms. The molecule has 2 aliphatic carbocycles. The van der Waals surface area contributed by atoms with Crippen LogP contribution in [0.5, 0.6) is 0 Å². The third-order valence-corrected chi connectivity index (χ3v) is 3.80. The van der Waals surface area contributed by atoms with E-state index in [1.54, 1.807) is 0 Å². The van der Waals surface area contributed by atoms with Crippen molar-refractivity contribution < 1.29 is 0 Å². The summed E-state index contributed by atoms with van der Waals surface area (Å²) >= 11 is 0. The van der Waals surface area contributed by atoms with Gasteiger partial charge in [0.25, 0.3) is 0 Å². The third kappa shape index (κ3) is 1.17. The quantitative estimate of drug-likeness (QED) is 0.495. The van der Waals surface area contributed by atoms with E-state index in [9.17, 15) is 0 Å². The largest absolute Gasteiger partial charge is 0.271 e. The van der Waals surface area contributed by atoms with Crippen molar-refractivity contribution in [1.29, 1.82) is 0 Å². The SMILES string of the molecule is CC(C)C(NN)C1C2CCCC21. The van der Waals surface area contributed by atoms with Gasteiger partial charge < -0.3 is 0 Å². The molecule has 0 saturated heterocycles. The van der Waals surface area contributed by atoms with Crippen LogP contribution in [0.25, 0.3) is 0 Å². The van der Waals surface area contributed by atoms with Crippen LogP contribution in [0.4, 0.5) is 0 Å². The van der Waals surface area contributed by atoms with Gasteiger partial charge in [-0.05, 0) is 36.5 Å². The van der Waals surface area contributed by atoms with Crippen LogP contribution in [0.15, 0.2) is 0 Å². The predicted molar refractivity (Wildman–Crippen MR) is 50.3 cm³/mol. The van der Waals surface area contributed by atoms with Crippen LogP contribution in [0.3, 0.4) is 0 Å². The maximum absolute atomic E-state index is 5.57. The average molecular weight is 168 g/mol. The van der Waals surface area contributed by atoms with Crippen molar-refractivity contribution in [3.8, 4) is 0 Å².